The second-order valence-electron chi connectivity index (χ2n) is 6.27. The Morgan fingerprint density at radius 3 is 1.77 bits per heavy atom. The minimum Gasteiger partial charge on any atom is -0.236 e. The largest absolute Gasteiger partial charge is 0.236 e. The first-order valence-electron chi connectivity index (χ1n) is 9.20. The average molecular weight is 344 g/mol. The normalized spacial score (nSPS) is 11.2. The smallest absolute Gasteiger partial charge is 0.159 e. The Bertz CT molecular complexity index is 835. The summed E-state index contributed by atoms with van der Waals surface area (Å²) in [6.45, 7) is 4.32. The third-order valence-electron chi connectivity index (χ3n) is 4.08. The molecule has 2 aromatic heterocycles. The van der Waals surface area contributed by atoms with E-state index in [0.29, 0.717) is 0 Å². The van der Waals surface area contributed by atoms with Crippen molar-refractivity contribution in [1.82, 2.24) is 19.9 Å². The van der Waals surface area contributed by atoms with Crippen molar-refractivity contribution < 1.29 is 0 Å². The van der Waals surface area contributed by atoms with E-state index in [9.17, 15) is 0 Å². The molecule has 0 atom stereocenters. The van der Waals surface area contributed by atoms with Gasteiger partial charge in [0.05, 0.1) is 0 Å². The molecule has 2 heterocycles. The Morgan fingerprint density at radius 1 is 0.731 bits per heavy atom. The predicted molar refractivity (Wildman–Crippen MR) is 106 cm³/mol. The van der Waals surface area contributed by atoms with E-state index in [-0.39, 0.29) is 0 Å². The number of rotatable bonds is 7. The fourth-order valence-corrected chi connectivity index (χ4v) is 2.65. The number of aromatic nitrogens is 4. The minimum atomic E-state index is 0.725. The predicted octanol–water partition coefficient (Wildman–Crippen LogP) is 5.37. The quantitative estimate of drug-likeness (QED) is 0.578. The molecular formula is C22H24N4. The first-order chi connectivity index (χ1) is 12.8. The molecule has 3 rings (SSSR count). The molecule has 0 aliphatic heterocycles. The summed E-state index contributed by atoms with van der Waals surface area (Å²) in [6.07, 6.45) is 16.1. The van der Waals surface area contributed by atoms with E-state index in [4.69, 9.17) is 0 Å². The van der Waals surface area contributed by atoms with Gasteiger partial charge in [-0.15, -0.1) is 0 Å². The zero-order valence-electron chi connectivity index (χ0n) is 15.4. The third-order valence-corrected chi connectivity index (χ3v) is 4.08. The lowest BCUT2D eigenvalue weighted by Crippen LogP contribution is -1.93. The highest BCUT2D eigenvalue weighted by molar-refractivity contribution is 5.63. The molecule has 0 unspecified atom stereocenters. The van der Waals surface area contributed by atoms with Crippen LogP contribution in [0.3, 0.4) is 0 Å². The number of benzene rings is 1. The maximum absolute atomic E-state index is 4.47. The van der Waals surface area contributed by atoms with Crippen LogP contribution < -0.4 is 0 Å². The number of aryl methyl sites for hydroxylation is 1. The van der Waals surface area contributed by atoms with Gasteiger partial charge in [-0.1, -0.05) is 63.1 Å². The topological polar surface area (TPSA) is 51.6 Å². The van der Waals surface area contributed by atoms with E-state index in [1.165, 1.54) is 5.56 Å². The van der Waals surface area contributed by atoms with Gasteiger partial charge in [0.15, 0.2) is 11.6 Å². The van der Waals surface area contributed by atoms with Crippen LogP contribution in [0.15, 0.2) is 55.1 Å². The summed E-state index contributed by atoms with van der Waals surface area (Å²) in [4.78, 5) is 17.9. The molecule has 0 saturated carbocycles. The number of nitrogens with zero attached hydrogens (tertiary/aromatic N) is 4. The molecule has 4 nitrogen and oxygen atoms in total. The summed E-state index contributed by atoms with van der Waals surface area (Å²) in [5.74, 6) is 1.47. The SMILES string of the molecule is CCC/C=C/c1cnc(-c2ccc(-c3ncc(CCC)cn3)cc2)nc1. The van der Waals surface area contributed by atoms with E-state index < -0.39 is 0 Å². The zero-order chi connectivity index (χ0) is 18.2. The Balaban J connectivity index is 1.72. The van der Waals surface area contributed by atoms with Crippen molar-refractivity contribution in [2.24, 2.45) is 0 Å². The molecule has 4 heteroatoms. The van der Waals surface area contributed by atoms with Gasteiger partial charge in [-0.25, -0.2) is 19.9 Å². The van der Waals surface area contributed by atoms with Crippen molar-refractivity contribution in [3.8, 4) is 22.8 Å². The van der Waals surface area contributed by atoms with E-state index in [1.807, 2.05) is 49.1 Å². The lowest BCUT2D eigenvalue weighted by Gasteiger charge is -2.04. The van der Waals surface area contributed by atoms with Crippen LogP contribution in [0.1, 0.15) is 44.2 Å². The van der Waals surface area contributed by atoms with Gasteiger partial charge < -0.3 is 0 Å². The lowest BCUT2D eigenvalue weighted by atomic mass is 10.1. The maximum Gasteiger partial charge on any atom is 0.159 e. The second kappa shape index (κ2) is 8.99. The van der Waals surface area contributed by atoms with Crippen LogP contribution in [0, 0.1) is 0 Å². The molecule has 0 spiro atoms. The first kappa shape index (κ1) is 17.9. The van der Waals surface area contributed by atoms with Crippen molar-refractivity contribution in [3.05, 3.63) is 66.3 Å². The van der Waals surface area contributed by atoms with Gasteiger partial charge in [-0.3, -0.25) is 0 Å². The van der Waals surface area contributed by atoms with Crippen LogP contribution in [0.2, 0.25) is 0 Å². The van der Waals surface area contributed by atoms with E-state index in [2.05, 4.69) is 45.9 Å². The molecule has 0 aliphatic carbocycles. The van der Waals surface area contributed by atoms with Crippen LogP contribution in [0.4, 0.5) is 0 Å². The number of hydrogen-bond donors (Lipinski definition) is 0. The van der Waals surface area contributed by atoms with Crippen molar-refractivity contribution in [1.29, 1.82) is 0 Å². The van der Waals surface area contributed by atoms with Crippen molar-refractivity contribution in [3.63, 3.8) is 0 Å². The number of allylic oxidation sites excluding steroid dienone is 1. The van der Waals surface area contributed by atoms with Gasteiger partial charge in [0, 0.05) is 41.5 Å². The monoisotopic (exact) mass is 344 g/mol. The summed E-state index contributed by atoms with van der Waals surface area (Å²) < 4.78 is 0. The summed E-state index contributed by atoms with van der Waals surface area (Å²) in [7, 11) is 0. The van der Waals surface area contributed by atoms with Crippen molar-refractivity contribution in [2.45, 2.75) is 39.5 Å². The summed E-state index contributed by atoms with van der Waals surface area (Å²) in [5.41, 5.74) is 4.19. The molecule has 0 bridgehead atoms. The lowest BCUT2D eigenvalue weighted by molar-refractivity contribution is 0.902. The molecule has 0 N–H and O–H groups in total. The van der Waals surface area contributed by atoms with E-state index >= 15 is 0 Å². The standard InChI is InChI=1S/C22H24N4/c1-3-5-6-8-18-15-25-22(26-16-18)20-11-9-19(10-12-20)21-23-13-17(7-4-2)14-24-21/h6,8-16H,3-5,7H2,1-2H3/b8-6+. The molecule has 26 heavy (non-hydrogen) atoms. The Kier molecular flexibility index (Phi) is 6.20. The Hall–Kier alpha value is -2.88. The van der Waals surface area contributed by atoms with Gasteiger partial charge in [-0.05, 0) is 18.4 Å². The van der Waals surface area contributed by atoms with Crippen LogP contribution >= 0.6 is 0 Å². The molecule has 3 aromatic rings. The minimum absolute atomic E-state index is 0.725. The summed E-state index contributed by atoms with van der Waals surface area (Å²) in [5, 5.41) is 0. The van der Waals surface area contributed by atoms with Crippen molar-refractivity contribution in [2.75, 3.05) is 0 Å². The van der Waals surface area contributed by atoms with Crippen LogP contribution in [0.25, 0.3) is 28.9 Å². The second-order valence-corrected chi connectivity index (χ2v) is 6.27. The average Bonchev–Trinajstić information content (AvgIpc) is 2.70. The maximum atomic E-state index is 4.47. The van der Waals surface area contributed by atoms with Crippen LogP contribution in [0.5, 0.6) is 0 Å². The highest BCUT2D eigenvalue weighted by Crippen LogP contribution is 2.20. The third kappa shape index (κ3) is 4.60. The van der Waals surface area contributed by atoms with Crippen molar-refractivity contribution >= 4 is 6.08 Å². The van der Waals surface area contributed by atoms with Crippen LogP contribution in [-0.2, 0) is 6.42 Å². The van der Waals surface area contributed by atoms with Gasteiger partial charge in [0.1, 0.15) is 0 Å². The van der Waals surface area contributed by atoms with Gasteiger partial charge >= 0.3 is 0 Å². The summed E-state index contributed by atoms with van der Waals surface area (Å²) >= 11 is 0. The van der Waals surface area contributed by atoms with Gasteiger partial charge in [-0.2, -0.15) is 0 Å². The molecule has 0 aliphatic rings. The Labute approximate surface area is 155 Å². The van der Waals surface area contributed by atoms with Gasteiger partial charge in [0.25, 0.3) is 0 Å². The molecule has 0 fully saturated rings. The van der Waals surface area contributed by atoms with Crippen LogP contribution in [-0.4, -0.2) is 19.9 Å². The summed E-state index contributed by atoms with van der Waals surface area (Å²) in [6, 6.07) is 8.06. The van der Waals surface area contributed by atoms with Gasteiger partial charge in [0.2, 0.25) is 0 Å². The molecular weight excluding hydrogens is 320 g/mol. The molecule has 0 amide bonds. The number of hydrogen-bond acceptors (Lipinski definition) is 4. The number of unbranched alkanes of at least 4 members (excludes halogenated alkanes) is 1. The molecule has 1 aromatic carbocycles. The molecule has 0 radical (unpaired) electrons. The van der Waals surface area contributed by atoms with E-state index in [0.717, 1.165) is 54.0 Å². The highest BCUT2D eigenvalue weighted by atomic mass is 14.9. The van der Waals surface area contributed by atoms with E-state index in [1.54, 1.807) is 0 Å². The first-order valence-corrected chi connectivity index (χ1v) is 9.20. The fourth-order valence-electron chi connectivity index (χ4n) is 2.65. The molecule has 0 saturated heterocycles. The fraction of sp³-hybridized carbons (Fsp3) is 0.273. The molecule has 132 valence electrons. The zero-order valence-corrected chi connectivity index (χ0v) is 15.4. The Morgan fingerprint density at radius 2 is 1.27 bits per heavy atom. The highest BCUT2D eigenvalue weighted by Gasteiger charge is 2.05.